The van der Waals surface area contributed by atoms with Crippen molar-refractivity contribution in [3.63, 3.8) is 0 Å². The number of nitrogens with one attached hydrogen (secondary N) is 1. The van der Waals surface area contributed by atoms with Gasteiger partial charge in [0.1, 0.15) is 0 Å². The van der Waals surface area contributed by atoms with Crippen LogP contribution in [0.15, 0.2) is 36.4 Å². The minimum Gasteiger partial charge on any atom is -0.493 e. The molecular formula is C20H25NO3. The Morgan fingerprint density at radius 3 is 2.29 bits per heavy atom. The van der Waals surface area contributed by atoms with Crippen molar-refractivity contribution in [3.05, 3.63) is 58.7 Å². The number of methoxy groups -OCH3 is 2. The Morgan fingerprint density at radius 2 is 1.67 bits per heavy atom. The van der Waals surface area contributed by atoms with Gasteiger partial charge >= 0.3 is 0 Å². The Morgan fingerprint density at radius 1 is 0.917 bits per heavy atom. The SMILES string of the molecule is CCc1ccc(CC)c(CNC(=O)c2ccc(OC)c(OC)c2)c1. The average molecular weight is 327 g/mol. The van der Waals surface area contributed by atoms with Crippen LogP contribution in [-0.2, 0) is 19.4 Å². The van der Waals surface area contributed by atoms with E-state index in [2.05, 4.69) is 37.4 Å². The van der Waals surface area contributed by atoms with Crippen LogP contribution in [0.3, 0.4) is 0 Å². The quantitative estimate of drug-likeness (QED) is 0.842. The maximum Gasteiger partial charge on any atom is 0.251 e. The second-order valence-electron chi connectivity index (χ2n) is 5.56. The molecule has 2 rings (SSSR count). The summed E-state index contributed by atoms with van der Waals surface area (Å²) in [6, 6.07) is 11.6. The number of amides is 1. The standard InChI is InChI=1S/C20H25NO3/c1-5-14-7-8-15(6-2)17(11-14)13-21-20(22)16-9-10-18(23-3)19(12-16)24-4/h7-12H,5-6,13H2,1-4H3,(H,21,22). The third-order valence-electron chi connectivity index (χ3n) is 4.14. The van der Waals surface area contributed by atoms with Crippen molar-refractivity contribution >= 4 is 5.91 Å². The third kappa shape index (κ3) is 4.07. The van der Waals surface area contributed by atoms with Gasteiger partial charge in [-0.1, -0.05) is 32.0 Å². The molecule has 0 bridgehead atoms. The van der Waals surface area contributed by atoms with E-state index in [0.717, 1.165) is 12.8 Å². The summed E-state index contributed by atoms with van der Waals surface area (Å²) in [6.07, 6.45) is 1.94. The molecule has 0 unspecified atom stereocenters. The summed E-state index contributed by atoms with van der Waals surface area (Å²) < 4.78 is 10.5. The van der Waals surface area contributed by atoms with Crippen molar-refractivity contribution in [1.82, 2.24) is 5.32 Å². The number of hydrogen-bond acceptors (Lipinski definition) is 3. The van der Waals surface area contributed by atoms with Gasteiger partial charge in [0.2, 0.25) is 0 Å². The fraction of sp³-hybridized carbons (Fsp3) is 0.350. The van der Waals surface area contributed by atoms with Crippen LogP contribution >= 0.6 is 0 Å². The summed E-state index contributed by atoms with van der Waals surface area (Å²) in [7, 11) is 3.13. The van der Waals surface area contributed by atoms with E-state index < -0.39 is 0 Å². The maximum atomic E-state index is 12.4. The van der Waals surface area contributed by atoms with E-state index in [1.54, 1.807) is 32.4 Å². The molecule has 0 aliphatic heterocycles. The van der Waals surface area contributed by atoms with Crippen LogP contribution < -0.4 is 14.8 Å². The van der Waals surface area contributed by atoms with Crippen molar-refractivity contribution in [1.29, 1.82) is 0 Å². The number of carbonyl (C=O) groups excluding carboxylic acids is 1. The van der Waals surface area contributed by atoms with Gasteiger partial charge in [0.25, 0.3) is 5.91 Å². The van der Waals surface area contributed by atoms with Gasteiger partial charge in [-0.15, -0.1) is 0 Å². The van der Waals surface area contributed by atoms with Crippen molar-refractivity contribution in [2.24, 2.45) is 0 Å². The monoisotopic (exact) mass is 327 g/mol. The molecule has 0 fully saturated rings. The fourth-order valence-corrected chi connectivity index (χ4v) is 2.66. The van der Waals surface area contributed by atoms with Gasteiger partial charge in [-0.3, -0.25) is 4.79 Å². The Kier molecular flexibility index (Phi) is 6.24. The number of benzene rings is 2. The van der Waals surface area contributed by atoms with E-state index in [-0.39, 0.29) is 5.91 Å². The first-order valence-electron chi connectivity index (χ1n) is 8.23. The van der Waals surface area contributed by atoms with Crippen molar-refractivity contribution in [3.8, 4) is 11.5 Å². The minimum absolute atomic E-state index is 0.125. The minimum atomic E-state index is -0.125. The topological polar surface area (TPSA) is 47.6 Å². The molecule has 2 aromatic rings. The second kappa shape index (κ2) is 8.39. The second-order valence-corrected chi connectivity index (χ2v) is 5.56. The lowest BCUT2D eigenvalue weighted by Crippen LogP contribution is -2.23. The third-order valence-corrected chi connectivity index (χ3v) is 4.14. The van der Waals surface area contributed by atoms with E-state index in [1.165, 1.54) is 16.7 Å². The van der Waals surface area contributed by atoms with E-state index in [9.17, 15) is 4.79 Å². The number of rotatable bonds is 7. The molecule has 0 atom stereocenters. The molecule has 0 saturated carbocycles. The highest BCUT2D eigenvalue weighted by Gasteiger charge is 2.11. The first kappa shape index (κ1) is 17.9. The van der Waals surface area contributed by atoms with Crippen molar-refractivity contribution in [2.45, 2.75) is 33.2 Å². The molecular weight excluding hydrogens is 302 g/mol. The Hall–Kier alpha value is -2.49. The number of ether oxygens (including phenoxy) is 2. The van der Waals surface area contributed by atoms with Crippen LogP contribution in [0.2, 0.25) is 0 Å². The number of aryl methyl sites for hydroxylation is 2. The largest absolute Gasteiger partial charge is 0.493 e. The summed E-state index contributed by atoms with van der Waals surface area (Å²) in [5, 5.41) is 2.99. The van der Waals surface area contributed by atoms with Gasteiger partial charge in [0, 0.05) is 12.1 Å². The Labute approximate surface area is 143 Å². The van der Waals surface area contributed by atoms with Gasteiger partial charge in [-0.05, 0) is 47.7 Å². The van der Waals surface area contributed by atoms with Gasteiger partial charge in [0.05, 0.1) is 14.2 Å². The summed E-state index contributed by atoms with van der Waals surface area (Å²) in [4.78, 5) is 12.4. The van der Waals surface area contributed by atoms with Crippen LogP contribution in [0.5, 0.6) is 11.5 Å². The van der Waals surface area contributed by atoms with Crippen LogP contribution in [0, 0.1) is 0 Å². The molecule has 0 aliphatic rings. The lowest BCUT2D eigenvalue weighted by Gasteiger charge is -2.12. The molecule has 24 heavy (non-hydrogen) atoms. The molecule has 1 N–H and O–H groups in total. The number of hydrogen-bond donors (Lipinski definition) is 1. The molecule has 0 heterocycles. The fourth-order valence-electron chi connectivity index (χ4n) is 2.66. The Bertz CT molecular complexity index is 710. The molecule has 0 radical (unpaired) electrons. The highest BCUT2D eigenvalue weighted by Crippen LogP contribution is 2.27. The first-order chi connectivity index (χ1) is 11.6. The normalized spacial score (nSPS) is 10.3. The molecule has 0 aliphatic carbocycles. The van der Waals surface area contributed by atoms with Crippen LogP contribution in [0.1, 0.15) is 40.9 Å². The van der Waals surface area contributed by atoms with Crippen LogP contribution in [0.4, 0.5) is 0 Å². The van der Waals surface area contributed by atoms with E-state index in [4.69, 9.17) is 9.47 Å². The molecule has 0 spiro atoms. The summed E-state index contributed by atoms with van der Waals surface area (Å²) in [5.74, 6) is 1.03. The van der Waals surface area contributed by atoms with Gasteiger partial charge < -0.3 is 14.8 Å². The van der Waals surface area contributed by atoms with E-state index in [1.807, 2.05) is 0 Å². The van der Waals surface area contributed by atoms with E-state index >= 15 is 0 Å². The van der Waals surface area contributed by atoms with Gasteiger partial charge in [-0.25, -0.2) is 0 Å². The van der Waals surface area contributed by atoms with Gasteiger partial charge in [0.15, 0.2) is 11.5 Å². The van der Waals surface area contributed by atoms with Crippen LogP contribution in [-0.4, -0.2) is 20.1 Å². The predicted molar refractivity (Wildman–Crippen MR) is 95.9 cm³/mol. The molecule has 4 nitrogen and oxygen atoms in total. The lowest BCUT2D eigenvalue weighted by atomic mass is 10.0. The average Bonchev–Trinajstić information content (AvgIpc) is 2.64. The molecule has 4 heteroatoms. The zero-order valence-electron chi connectivity index (χ0n) is 14.8. The summed E-state index contributed by atoms with van der Waals surface area (Å²) in [6.45, 7) is 4.78. The zero-order chi connectivity index (χ0) is 17.5. The first-order valence-corrected chi connectivity index (χ1v) is 8.23. The highest BCUT2D eigenvalue weighted by molar-refractivity contribution is 5.94. The molecule has 2 aromatic carbocycles. The molecule has 128 valence electrons. The summed E-state index contributed by atoms with van der Waals surface area (Å²) >= 11 is 0. The van der Waals surface area contributed by atoms with Gasteiger partial charge in [-0.2, -0.15) is 0 Å². The van der Waals surface area contributed by atoms with E-state index in [0.29, 0.717) is 23.6 Å². The smallest absolute Gasteiger partial charge is 0.251 e. The molecule has 0 saturated heterocycles. The molecule has 1 amide bonds. The van der Waals surface area contributed by atoms with Crippen molar-refractivity contribution < 1.29 is 14.3 Å². The maximum absolute atomic E-state index is 12.4. The predicted octanol–water partition coefficient (Wildman–Crippen LogP) is 3.76. The zero-order valence-corrected chi connectivity index (χ0v) is 14.8. The highest BCUT2D eigenvalue weighted by atomic mass is 16.5. The number of carbonyl (C=O) groups is 1. The molecule has 0 aromatic heterocycles. The van der Waals surface area contributed by atoms with Crippen LogP contribution in [0.25, 0.3) is 0 Å². The Balaban J connectivity index is 2.13. The summed E-state index contributed by atoms with van der Waals surface area (Å²) in [5.41, 5.74) is 4.27. The van der Waals surface area contributed by atoms with Crippen molar-refractivity contribution in [2.75, 3.05) is 14.2 Å². The lowest BCUT2D eigenvalue weighted by molar-refractivity contribution is 0.0950.